The molecular weight excluding hydrogens is 306 g/mol. The van der Waals surface area contributed by atoms with Crippen molar-refractivity contribution < 1.29 is 23.0 Å². The van der Waals surface area contributed by atoms with Crippen molar-refractivity contribution in [3.8, 4) is 11.5 Å². The van der Waals surface area contributed by atoms with Crippen LogP contribution in [0.15, 0.2) is 48.5 Å². The van der Waals surface area contributed by atoms with E-state index in [2.05, 4.69) is 15.4 Å². The van der Waals surface area contributed by atoms with Gasteiger partial charge in [-0.05, 0) is 18.2 Å². The molecule has 0 aliphatic rings. The molecule has 2 aromatic carbocycles. The summed E-state index contributed by atoms with van der Waals surface area (Å²) in [4.78, 5) is 11.9. The first-order valence-corrected chi connectivity index (χ1v) is 6.80. The molecule has 122 valence electrons. The molecule has 0 bridgehead atoms. The minimum atomic E-state index is -2.92. The topological polar surface area (TPSA) is 59.6 Å². The molecule has 0 saturated heterocycles. The largest absolute Gasteiger partial charge is 0.495 e. The van der Waals surface area contributed by atoms with E-state index in [1.165, 1.54) is 13.2 Å². The van der Waals surface area contributed by atoms with Crippen molar-refractivity contribution in [1.29, 1.82) is 0 Å². The van der Waals surface area contributed by atoms with E-state index in [9.17, 15) is 13.6 Å². The lowest BCUT2D eigenvalue weighted by molar-refractivity contribution is -0.0504. The Hall–Kier alpha value is -2.83. The van der Waals surface area contributed by atoms with E-state index in [0.717, 1.165) is 0 Å². The summed E-state index contributed by atoms with van der Waals surface area (Å²) in [5.74, 6) is 0.546. The maximum atomic E-state index is 12.3. The van der Waals surface area contributed by atoms with Crippen molar-refractivity contribution in [2.75, 3.05) is 12.4 Å². The van der Waals surface area contributed by atoms with Gasteiger partial charge in [0.25, 0.3) is 0 Å². The van der Waals surface area contributed by atoms with Gasteiger partial charge in [-0.15, -0.1) is 0 Å². The van der Waals surface area contributed by atoms with Crippen LogP contribution in [0, 0.1) is 0 Å². The number of benzene rings is 2. The van der Waals surface area contributed by atoms with E-state index >= 15 is 0 Å². The number of nitrogens with one attached hydrogen (secondary N) is 2. The standard InChI is InChI=1S/C16H16F2N2O3/c1-22-14-9-5-3-7-12(14)20-16(21)19-10-11-6-2-4-8-13(11)23-15(17)18/h2-9,15H,10H2,1H3,(H2,19,20,21). The number of carbonyl (C=O) groups excluding carboxylic acids is 1. The smallest absolute Gasteiger partial charge is 0.387 e. The van der Waals surface area contributed by atoms with Crippen LogP contribution in [0.3, 0.4) is 0 Å². The molecule has 0 aliphatic heterocycles. The first kappa shape index (κ1) is 16.5. The van der Waals surface area contributed by atoms with Crippen molar-refractivity contribution in [2.24, 2.45) is 0 Å². The van der Waals surface area contributed by atoms with Crippen LogP contribution < -0.4 is 20.1 Å². The molecule has 2 amide bonds. The molecular formula is C16H16F2N2O3. The van der Waals surface area contributed by atoms with E-state index in [1.54, 1.807) is 42.5 Å². The number of carbonyl (C=O) groups is 1. The van der Waals surface area contributed by atoms with Gasteiger partial charge in [-0.3, -0.25) is 0 Å². The third kappa shape index (κ3) is 4.84. The van der Waals surface area contributed by atoms with Crippen molar-refractivity contribution >= 4 is 11.7 Å². The van der Waals surface area contributed by atoms with Crippen LogP contribution >= 0.6 is 0 Å². The summed E-state index contributed by atoms with van der Waals surface area (Å²) >= 11 is 0. The van der Waals surface area contributed by atoms with Gasteiger partial charge in [-0.25, -0.2) is 4.79 Å². The maximum Gasteiger partial charge on any atom is 0.387 e. The molecule has 2 rings (SSSR count). The molecule has 0 fully saturated rings. The number of halogens is 2. The number of amides is 2. The maximum absolute atomic E-state index is 12.3. The zero-order valence-corrected chi connectivity index (χ0v) is 12.4. The van der Waals surface area contributed by atoms with E-state index in [1.807, 2.05) is 0 Å². The molecule has 0 atom stereocenters. The lowest BCUT2D eigenvalue weighted by Crippen LogP contribution is -2.28. The molecule has 0 spiro atoms. The second kappa shape index (κ2) is 7.98. The number of hydrogen-bond donors (Lipinski definition) is 2. The van der Waals surface area contributed by atoms with Crippen molar-refractivity contribution in [3.05, 3.63) is 54.1 Å². The molecule has 0 radical (unpaired) electrons. The number of alkyl halides is 2. The van der Waals surface area contributed by atoms with E-state index < -0.39 is 12.6 Å². The molecule has 2 aromatic rings. The first-order chi connectivity index (χ1) is 11.1. The number of methoxy groups -OCH3 is 1. The Labute approximate surface area is 132 Å². The Morgan fingerprint density at radius 3 is 2.43 bits per heavy atom. The number of urea groups is 1. The normalized spacial score (nSPS) is 10.3. The molecule has 5 nitrogen and oxygen atoms in total. The summed E-state index contributed by atoms with van der Waals surface area (Å²) in [6.45, 7) is -2.87. The summed E-state index contributed by atoms with van der Waals surface area (Å²) in [5.41, 5.74) is 0.951. The summed E-state index contributed by atoms with van der Waals surface area (Å²) in [7, 11) is 1.50. The Balaban J connectivity index is 1.97. The average molecular weight is 322 g/mol. The van der Waals surface area contributed by atoms with Gasteiger partial charge in [0.2, 0.25) is 0 Å². The minimum Gasteiger partial charge on any atom is -0.495 e. The summed E-state index contributed by atoms with van der Waals surface area (Å²) in [5, 5.41) is 5.21. The van der Waals surface area contributed by atoms with Gasteiger partial charge in [0.15, 0.2) is 0 Å². The SMILES string of the molecule is COc1ccccc1NC(=O)NCc1ccccc1OC(F)F. The lowest BCUT2D eigenvalue weighted by atomic mass is 10.2. The summed E-state index contributed by atoms with van der Waals surface area (Å²) < 4.78 is 34.2. The molecule has 0 heterocycles. The fourth-order valence-electron chi connectivity index (χ4n) is 1.95. The lowest BCUT2D eigenvalue weighted by Gasteiger charge is -2.13. The van der Waals surface area contributed by atoms with E-state index in [4.69, 9.17) is 4.74 Å². The molecule has 0 saturated carbocycles. The van der Waals surface area contributed by atoms with Gasteiger partial charge in [-0.1, -0.05) is 30.3 Å². The minimum absolute atomic E-state index is 0.0279. The van der Waals surface area contributed by atoms with Crippen LogP contribution in [-0.2, 0) is 6.54 Å². The molecule has 7 heteroatoms. The van der Waals surface area contributed by atoms with Crippen LogP contribution in [0.4, 0.5) is 19.3 Å². The van der Waals surface area contributed by atoms with Gasteiger partial charge >= 0.3 is 12.6 Å². The van der Waals surface area contributed by atoms with Gasteiger partial charge in [-0.2, -0.15) is 8.78 Å². The van der Waals surface area contributed by atoms with Crippen LogP contribution in [0.25, 0.3) is 0 Å². The third-order valence-electron chi connectivity index (χ3n) is 2.98. The molecule has 0 unspecified atom stereocenters. The van der Waals surface area contributed by atoms with Gasteiger partial charge in [0.1, 0.15) is 11.5 Å². The van der Waals surface area contributed by atoms with E-state index in [0.29, 0.717) is 17.0 Å². The second-order valence-electron chi connectivity index (χ2n) is 4.49. The Kier molecular flexibility index (Phi) is 5.74. The Morgan fingerprint density at radius 2 is 1.74 bits per heavy atom. The van der Waals surface area contributed by atoms with Crippen LogP contribution in [-0.4, -0.2) is 19.8 Å². The monoisotopic (exact) mass is 322 g/mol. The molecule has 2 N–H and O–H groups in total. The molecule has 0 aromatic heterocycles. The first-order valence-electron chi connectivity index (χ1n) is 6.80. The zero-order chi connectivity index (χ0) is 16.7. The molecule has 23 heavy (non-hydrogen) atoms. The Morgan fingerprint density at radius 1 is 1.09 bits per heavy atom. The van der Waals surface area contributed by atoms with Crippen molar-refractivity contribution in [3.63, 3.8) is 0 Å². The van der Waals surface area contributed by atoms with Crippen LogP contribution in [0.1, 0.15) is 5.56 Å². The van der Waals surface area contributed by atoms with Gasteiger partial charge < -0.3 is 20.1 Å². The summed E-state index contributed by atoms with van der Waals surface area (Å²) in [6.07, 6.45) is 0. The highest BCUT2D eigenvalue weighted by atomic mass is 19.3. The highest BCUT2D eigenvalue weighted by Gasteiger charge is 2.11. The average Bonchev–Trinajstić information content (AvgIpc) is 2.54. The number of rotatable bonds is 6. The number of hydrogen-bond acceptors (Lipinski definition) is 3. The molecule has 0 aliphatic carbocycles. The predicted octanol–water partition coefficient (Wildman–Crippen LogP) is 3.62. The quantitative estimate of drug-likeness (QED) is 0.854. The number of para-hydroxylation sites is 3. The third-order valence-corrected chi connectivity index (χ3v) is 2.98. The zero-order valence-electron chi connectivity index (χ0n) is 12.4. The Bertz CT molecular complexity index is 665. The number of anilines is 1. The fraction of sp³-hybridized carbons (Fsp3) is 0.188. The van der Waals surface area contributed by atoms with Crippen molar-refractivity contribution in [2.45, 2.75) is 13.2 Å². The number of ether oxygens (including phenoxy) is 2. The highest BCUT2D eigenvalue weighted by molar-refractivity contribution is 5.90. The summed E-state index contributed by atoms with van der Waals surface area (Å²) in [6, 6.07) is 12.7. The fourth-order valence-corrected chi connectivity index (χ4v) is 1.95. The van der Waals surface area contributed by atoms with E-state index in [-0.39, 0.29) is 12.3 Å². The van der Waals surface area contributed by atoms with Crippen LogP contribution in [0.5, 0.6) is 11.5 Å². The van der Waals surface area contributed by atoms with Crippen LogP contribution in [0.2, 0.25) is 0 Å². The highest BCUT2D eigenvalue weighted by Crippen LogP contribution is 2.23. The van der Waals surface area contributed by atoms with Crippen molar-refractivity contribution in [1.82, 2.24) is 5.32 Å². The van der Waals surface area contributed by atoms with Gasteiger partial charge in [0.05, 0.1) is 12.8 Å². The van der Waals surface area contributed by atoms with Gasteiger partial charge in [0, 0.05) is 12.1 Å². The predicted molar refractivity (Wildman–Crippen MR) is 81.9 cm³/mol. The second-order valence-corrected chi connectivity index (χ2v) is 4.49.